The van der Waals surface area contributed by atoms with Gasteiger partial charge in [-0.3, -0.25) is 0 Å². The van der Waals surface area contributed by atoms with Gasteiger partial charge in [-0.15, -0.1) is 0 Å². The molecule has 0 radical (unpaired) electrons. The SMILES string of the molecule is CN(CCS(N)(=O)=O)S(C)(=O)=O. The standard InChI is InChI=1S/C4H12N2O4S2/c1-6(11(2,7)8)3-4-12(5,9)10/h3-4H2,1-2H3,(H2,5,9,10). The molecule has 0 heterocycles. The Labute approximate surface area is 72.5 Å². The van der Waals surface area contributed by atoms with Gasteiger partial charge in [0.2, 0.25) is 20.0 Å². The molecule has 0 aromatic rings. The number of nitrogens with zero attached hydrogens (tertiary/aromatic N) is 1. The molecule has 0 aliphatic rings. The highest BCUT2D eigenvalue weighted by atomic mass is 32.2. The van der Waals surface area contributed by atoms with Gasteiger partial charge in [-0.1, -0.05) is 0 Å². The maximum Gasteiger partial charge on any atom is 0.210 e. The van der Waals surface area contributed by atoms with E-state index in [1.807, 2.05) is 0 Å². The van der Waals surface area contributed by atoms with E-state index >= 15 is 0 Å². The summed E-state index contributed by atoms with van der Waals surface area (Å²) in [7, 11) is -5.61. The smallest absolute Gasteiger partial charge is 0.210 e. The predicted octanol–water partition coefficient (Wildman–Crippen LogP) is -1.83. The highest BCUT2D eigenvalue weighted by Gasteiger charge is 2.13. The van der Waals surface area contributed by atoms with E-state index < -0.39 is 20.0 Å². The van der Waals surface area contributed by atoms with Crippen molar-refractivity contribution in [1.82, 2.24) is 4.31 Å². The number of hydrogen-bond donors (Lipinski definition) is 1. The van der Waals surface area contributed by atoms with Crippen LogP contribution in [0.3, 0.4) is 0 Å². The lowest BCUT2D eigenvalue weighted by Gasteiger charge is -2.12. The maximum absolute atomic E-state index is 10.7. The van der Waals surface area contributed by atoms with Crippen molar-refractivity contribution in [1.29, 1.82) is 0 Å². The second kappa shape index (κ2) is 3.69. The van der Waals surface area contributed by atoms with Crippen LogP contribution in [0.1, 0.15) is 0 Å². The van der Waals surface area contributed by atoms with E-state index in [9.17, 15) is 16.8 Å². The Morgan fingerprint density at radius 1 is 1.25 bits per heavy atom. The van der Waals surface area contributed by atoms with Gasteiger partial charge in [0.15, 0.2) is 0 Å². The molecule has 0 atom stereocenters. The summed E-state index contributed by atoms with van der Waals surface area (Å²) in [6.45, 7) is -0.113. The molecule has 0 spiro atoms. The zero-order valence-corrected chi connectivity index (χ0v) is 8.52. The van der Waals surface area contributed by atoms with Crippen molar-refractivity contribution in [2.75, 3.05) is 25.6 Å². The van der Waals surface area contributed by atoms with Crippen LogP contribution in [0.25, 0.3) is 0 Å². The van der Waals surface area contributed by atoms with Gasteiger partial charge in [0.25, 0.3) is 0 Å². The number of hydrogen-bond acceptors (Lipinski definition) is 4. The van der Waals surface area contributed by atoms with Crippen molar-refractivity contribution in [2.24, 2.45) is 5.14 Å². The van der Waals surface area contributed by atoms with Crippen molar-refractivity contribution in [3.8, 4) is 0 Å². The van der Waals surface area contributed by atoms with E-state index in [-0.39, 0.29) is 12.3 Å². The lowest BCUT2D eigenvalue weighted by molar-refractivity contribution is 0.490. The summed E-state index contributed by atoms with van der Waals surface area (Å²) < 4.78 is 43.2. The first-order chi connectivity index (χ1) is 5.13. The summed E-state index contributed by atoms with van der Waals surface area (Å²) in [5.74, 6) is -0.365. The monoisotopic (exact) mass is 216 g/mol. The molecule has 0 rings (SSSR count). The average Bonchev–Trinajstić information content (AvgIpc) is 1.78. The van der Waals surface area contributed by atoms with E-state index in [1.165, 1.54) is 7.05 Å². The topological polar surface area (TPSA) is 97.5 Å². The second-order valence-electron chi connectivity index (χ2n) is 2.45. The zero-order valence-electron chi connectivity index (χ0n) is 6.89. The zero-order chi connectivity index (χ0) is 9.99. The maximum atomic E-state index is 10.7. The van der Waals surface area contributed by atoms with Gasteiger partial charge >= 0.3 is 0 Å². The Morgan fingerprint density at radius 3 is 1.92 bits per heavy atom. The van der Waals surface area contributed by atoms with Crippen LogP contribution in [0.5, 0.6) is 0 Å². The minimum Gasteiger partial charge on any atom is -0.229 e. The first-order valence-electron chi connectivity index (χ1n) is 3.05. The fourth-order valence-corrected chi connectivity index (χ4v) is 1.49. The van der Waals surface area contributed by atoms with Gasteiger partial charge in [-0.25, -0.2) is 26.3 Å². The quantitative estimate of drug-likeness (QED) is 0.597. The largest absolute Gasteiger partial charge is 0.229 e. The van der Waals surface area contributed by atoms with Crippen LogP contribution in [-0.4, -0.2) is 46.7 Å². The molecule has 0 bridgehead atoms. The van der Waals surface area contributed by atoms with Crippen molar-refractivity contribution in [2.45, 2.75) is 0 Å². The first kappa shape index (κ1) is 11.8. The second-order valence-corrected chi connectivity index (χ2v) is 6.27. The van der Waals surface area contributed by atoms with Gasteiger partial charge in [0.05, 0.1) is 12.0 Å². The summed E-state index contributed by atoms with van der Waals surface area (Å²) in [6.07, 6.45) is 0.996. The fraction of sp³-hybridized carbons (Fsp3) is 1.00. The minimum absolute atomic E-state index is 0.113. The van der Waals surface area contributed by atoms with Gasteiger partial charge in [0, 0.05) is 13.6 Å². The molecule has 8 heteroatoms. The van der Waals surface area contributed by atoms with Crippen molar-refractivity contribution >= 4 is 20.0 Å². The summed E-state index contributed by atoms with van der Waals surface area (Å²) in [6, 6.07) is 0. The molecule has 2 N–H and O–H groups in total. The molecule has 12 heavy (non-hydrogen) atoms. The molecule has 0 aliphatic carbocycles. The Kier molecular flexibility index (Phi) is 3.63. The average molecular weight is 216 g/mol. The highest BCUT2D eigenvalue weighted by molar-refractivity contribution is 7.89. The van der Waals surface area contributed by atoms with Crippen LogP contribution in [0.15, 0.2) is 0 Å². The van der Waals surface area contributed by atoms with Crippen LogP contribution in [0.4, 0.5) is 0 Å². The molecule has 0 unspecified atom stereocenters. The summed E-state index contributed by atoms with van der Waals surface area (Å²) in [5, 5.41) is 4.68. The molecule has 0 saturated carbocycles. The van der Waals surface area contributed by atoms with Crippen LogP contribution in [-0.2, 0) is 20.0 Å². The van der Waals surface area contributed by atoms with Gasteiger partial charge in [-0.2, -0.15) is 0 Å². The number of sulfonamides is 2. The molecule has 0 fully saturated rings. The summed E-state index contributed by atoms with van der Waals surface area (Å²) in [5.41, 5.74) is 0. The van der Waals surface area contributed by atoms with E-state index in [2.05, 4.69) is 5.14 Å². The van der Waals surface area contributed by atoms with Crippen LogP contribution < -0.4 is 5.14 Å². The van der Waals surface area contributed by atoms with Crippen molar-refractivity contribution in [3.63, 3.8) is 0 Å². The van der Waals surface area contributed by atoms with E-state index in [0.717, 1.165) is 10.6 Å². The molecule has 0 saturated heterocycles. The molecular formula is C4H12N2O4S2. The van der Waals surface area contributed by atoms with Crippen LogP contribution in [0, 0.1) is 0 Å². The molecular weight excluding hydrogens is 204 g/mol. The van der Waals surface area contributed by atoms with Gasteiger partial charge in [0.1, 0.15) is 0 Å². The third-order valence-electron chi connectivity index (χ3n) is 1.26. The fourth-order valence-electron chi connectivity index (χ4n) is 0.422. The molecule has 0 aromatic heterocycles. The summed E-state index contributed by atoms with van der Waals surface area (Å²) >= 11 is 0. The van der Waals surface area contributed by atoms with Crippen molar-refractivity contribution in [3.05, 3.63) is 0 Å². The molecule has 0 aromatic carbocycles. The Balaban J connectivity index is 4.16. The van der Waals surface area contributed by atoms with E-state index in [4.69, 9.17) is 0 Å². The molecule has 6 nitrogen and oxygen atoms in total. The third-order valence-corrected chi connectivity index (χ3v) is 3.32. The lowest BCUT2D eigenvalue weighted by Crippen LogP contribution is -2.32. The molecule has 0 amide bonds. The Bertz CT molecular complexity index is 330. The Hall–Kier alpha value is -0.180. The van der Waals surface area contributed by atoms with E-state index in [1.54, 1.807) is 0 Å². The highest BCUT2D eigenvalue weighted by Crippen LogP contribution is 1.92. The lowest BCUT2D eigenvalue weighted by atomic mass is 10.8. The molecule has 74 valence electrons. The first-order valence-corrected chi connectivity index (χ1v) is 6.61. The van der Waals surface area contributed by atoms with Crippen molar-refractivity contribution < 1.29 is 16.8 Å². The summed E-state index contributed by atoms with van der Waals surface area (Å²) in [4.78, 5) is 0. The van der Waals surface area contributed by atoms with Crippen LogP contribution in [0.2, 0.25) is 0 Å². The number of nitrogens with two attached hydrogens (primary N) is 1. The minimum atomic E-state index is -3.59. The van der Waals surface area contributed by atoms with E-state index in [0.29, 0.717) is 0 Å². The normalized spacial score (nSPS) is 13.7. The van der Waals surface area contributed by atoms with Crippen LogP contribution >= 0.6 is 0 Å². The third kappa shape index (κ3) is 5.47. The van der Waals surface area contributed by atoms with Gasteiger partial charge in [-0.05, 0) is 0 Å². The predicted molar refractivity (Wildman–Crippen MR) is 45.4 cm³/mol. The van der Waals surface area contributed by atoms with Gasteiger partial charge < -0.3 is 0 Å². The molecule has 0 aliphatic heterocycles. The number of rotatable bonds is 4. The number of primary sulfonamides is 1. The Morgan fingerprint density at radius 2 is 1.67 bits per heavy atom.